The number of nitrogens with zero attached hydrogens (tertiary/aromatic N) is 1. The summed E-state index contributed by atoms with van der Waals surface area (Å²) in [7, 11) is -3.99. The maximum atomic E-state index is 12.4. The third-order valence-corrected chi connectivity index (χ3v) is 7.71. The van der Waals surface area contributed by atoms with Crippen LogP contribution in [0, 0.1) is 13.8 Å². The fourth-order valence-electron chi connectivity index (χ4n) is 2.41. The van der Waals surface area contributed by atoms with E-state index in [0.29, 0.717) is 11.6 Å². The Morgan fingerprint density at radius 2 is 2.00 bits per heavy atom. The molecule has 0 aliphatic rings. The Kier molecular flexibility index (Phi) is 5.28. The molecule has 0 bridgehead atoms. The molecule has 0 atom stereocenters. The predicted octanol–water partition coefficient (Wildman–Crippen LogP) is 3.02. The lowest BCUT2D eigenvalue weighted by Gasteiger charge is -2.04. The van der Waals surface area contributed by atoms with Crippen LogP contribution in [0.15, 0.2) is 28.5 Å². The maximum absolute atomic E-state index is 12.4. The number of benzene rings is 1. The number of hydrogen-bond donors (Lipinski definition) is 3. The number of aliphatic hydroxyl groups excluding tert-OH is 1. The molecule has 0 saturated heterocycles. The van der Waals surface area contributed by atoms with Gasteiger partial charge in [-0.15, -0.1) is 11.3 Å². The molecule has 0 radical (unpaired) electrons. The lowest BCUT2D eigenvalue weighted by Crippen LogP contribution is -2.33. The number of sulfonamides is 1. The highest BCUT2D eigenvalue weighted by Gasteiger charge is 2.22. The second-order valence-electron chi connectivity index (χ2n) is 5.65. The van der Waals surface area contributed by atoms with E-state index in [1.165, 1.54) is 17.4 Å². The minimum atomic E-state index is -3.99. The van der Waals surface area contributed by atoms with E-state index in [1.807, 2.05) is 29.8 Å². The van der Waals surface area contributed by atoms with Crippen molar-refractivity contribution in [2.45, 2.75) is 24.5 Å². The molecule has 2 heterocycles. The number of urea groups is 1. The van der Waals surface area contributed by atoms with Crippen LogP contribution in [0.3, 0.4) is 0 Å². The van der Waals surface area contributed by atoms with E-state index in [2.05, 4.69) is 10.3 Å². The van der Waals surface area contributed by atoms with Crippen molar-refractivity contribution < 1.29 is 18.3 Å². The van der Waals surface area contributed by atoms with E-state index in [-0.39, 0.29) is 10.8 Å². The Morgan fingerprint density at radius 1 is 1.23 bits per heavy atom. The Balaban J connectivity index is 1.75. The summed E-state index contributed by atoms with van der Waals surface area (Å²) >= 11 is 2.31. The number of fused-ring (bicyclic) bond motifs is 1. The summed E-state index contributed by atoms with van der Waals surface area (Å²) in [5, 5.41) is 11.8. The number of aromatic nitrogens is 1. The van der Waals surface area contributed by atoms with Gasteiger partial charge in [0.2, 0.25) is 0 Å². The first kappa shape index (κ1) is 18.8. The van der Waals surface area contributed by atoms with Crippen LogP contribution < -0.4 is 10.0 Å². The van der Waals surface area contributed by atoms with Crippen LogP contribution >= 0.6 is 22.7 Å². The van der Waals surface area contributed by atoms with Crippen LogP contribution in [0.2, 0.25) is 0 Å². The molecule has 3 rings (SSSR count). The van der Waals surface area contributed by atoms with Crippen molar-refractivity contribution in [1.82, 2.24) is 9.71 Å². The van der Waals surface area contributed by atoms with Gasteiger partial charge in [0.15, 0.2) is 5.13 Å². The zero-order valence-electron chi connectivity index (χ0n) is 14.1. The molecule has 0 unspecified atom stereocenters. The topological polar surface area (TPSA) is 108 Å². The lowest BCUT2D eigenvalue weighted by molar-refractivity contribution is 0.256. The fourth-order valence-corrected chi connectivity index (χ4v) is 5.83. The average Bonchev–Trinajstić information content (AvgIpc) is 3.12. The summed E-state index contributed by atoms with van der Waals surface area (Å²) in [6.45, 7) is 3.62. The van der Waals surface area contributed by atoms with Crippen molar-refractivity contribution in [3.05, 3.63) is 40.3 Å². The van der Waals surface area contributed by atoms with E-state index >= 15 is 0 Å². The smallest absolute Gasteiger partial charge is 0.334 e. The zero-order chi connectivity index (χ0) is 18.9. The normalized spacial score (nSPS) is 11.7. The number of nitrogens with one attached hydrogen (secondary N) is 2. The highest BCUT2D eigenvalue weighted by Crippen LogP contribution is 2.28. The first-order valence-corrected chi connectivity index (χ1v) is 10.8. The van der Waals surface area contributed by atoms with Gasteiger partial charge >= 0.3 is 6.03 Å². The van der Waals surface area contributed by atoms with Crippen LogP contribution in [0.4, 0.5) is 9.93 Å². The van der Waals surface area contributed by atoms with E-state index in [1.54, 1.807) is 6.92 Å². The van der Waals surface area contributed by atoms with Crippen molar-refractivity contribution in [3.8, 4) is 0 Å². The van der Waals surface area contributed by atoms with Gasteiger partial charge < -0.3 is 5.11 Å². The number of aryl methyl sites for hydroxylation is 2. The third-order valence-electron chi connectivity index (χ3n) is 3.67. The minimum absolute atomic E-state index is 0.0359. The molecule has 138 valence electrons. The fraction of sp³-hybridized carbons (Fsp3) is 0.250. The Bertz CT molecular complexity index is 1070. The molecule has 0 spiro atoms. The molecule has 26 heavy (non-hydrogen) atoms. The number of carbonyl (C=O) groups is 1. The molecule has 0 saturated carbocycles. The van der Waals surface area contributed by atoms with Gasteiger partial charge in [0.1, 0.15) is 4.21 Å². The van der Waals surface area contributed by atoms with Gasteiger partial charge in [-0.1, -0.05) is 23.5 Å². The first-order valence-electron chi connectivity index (χ1n) is 7.70. The molecule has 3 aromatic rings. The van der Waals surface area contributed by atoms with Gasteiger partial charge in [0, 0.05) is 17.9 Å². The number of anilines is 1. The number of carbonyl (C=O) groups excluding carboxylic acids is 1. The maximum Gasteiger partial charge on any atom is 0.334 e. The zero-order valence-corrected chi connectivity index (χ0v) is 16.5. The summed E-state index contributed by atoms with van der Waals surface area (Å²) in [4.78, 5) is 17.2. The number of amides is 2. The summed E-state index contributed by atoms with van der Waals surface area (Å²) in [6, 6.07) is 6.33. The van der Waals surface area contributed by atoms with Gasteiger partial charge in [-0.3, -0.25) is 5.32 Å². The van der Waals surface area contributed by atoms with E-state index < -0.39 is 16.1 Å². The first-order chi connectivity index (χ1) is 12.3. The molecular formula is C16H17N3O4S3. The van der Waals surface area contributed by atoms with Crippen LogP contribution in [0.1, 0.15) is 16.0 Å². The van der Waals surface area contributed by atoms with Crippen molar-refractivity contribution in [1.29, 1.82) is 0 Å². The van der Waals surface area contributed by atoms with Gasteiger partial charge in [-0.2, -0.15) is 0 Å². The Labute approximate surface area is 158 Å². The molecule has 3 N–H and O–H groups in total. The standard InChI is InChI=1S/C16H17N3O4S3/c1-9-4-3-5-12-14(9)17-16(25-12)18-15(21)19-26(22,23)13-8-10(2)11(24-13)6-7-20/h3-5,8,20H,6-7H2,1-2H3,(H2,17,18,19,21). The summed E-state index contributed by atoms with van der Waals surface area (Å²) < 4.78 is 27.7. The van der Waals surface area contributed by atoms with Crippen molar-refractivity contribution in [2.75, 3.05) is 11.9 Å². The molecular weight excluding hydrogens is 394 g/mol. The number of thiophene rings is 1. The number of aliphatic hydroxyl groups is 1. The van der Waals surface area contributed by atoms with Crippen molar-refractivity contribution in [2.24, 2.45) is 0 Å². The van der Waals surface area contributed by atoms with Crippen LogP contribution in [0.25, 0.3) is 10.2 Å². The molecule has 0 aliphatic heterocycles. The van der Waals surface area contributed by atoms with Gasteiger partial charge in [0.05, 0.1) is 10.2 Å². The number of thiazole rings is 1. The minimum Gasteiger partial charge on any atom is -0.396 e. The second kappa shape index (κ2) is 7.31. The number of hydrogen-bond acceptors (Lipinski definition) is 7. The van der Waals surface area contributed by atoms with Gasteiger partial charge in [-0.05, 0) is 37.1 Å². The highest BCUT2D eigenvalue weighted by molar-refractivity contribution is 7.92. The summed E-state index contributed by atoms with van der Waals surface area (Å²) in [6.07, 6.45) is 0.378. The van der Waals surface area contributed by atoms with Gasteiger partial charge in [0.25, 0.3) is 10.0 Å². The van der Waals surface area contributed by atoms with Crippen molar-refractivity contribution in [3.63, 3.8) is 0 Å². The second-order valence-corrected chi connectivity index (χ2v) is 9.72. The lowest BCUT2D eigenvalue weighted by atomic mass is 10.2. The molecule has 10 heteroatoms. The molecule has 1 aromatic carbocycles. The molecule has 0 aliphatic carbocycles. The van der Waals surface area contributed by atoms with E-state index in [4.69, 9.17) is 5.11 Å². The largest absolute Gasteiger partial charge is 0.396 e. The van der Waals surface area contributed by atoms with E-state index in [9.17, 15) is 13.2 Å². The predicted molar refractivity (Wildman–Crippen MR) is 104 cm³/mol. The van der Waals surface area contributed by atoms with Crippen LogP contribution in [-0.4, -0.2) is 31.1 Å². The molecule has 0 fully saturated rings. The molecule has 7 nitrogen and oxygen atoms in total. The van der Waals surface area contributed by atoms with E-state index in [0.717, 1.165) is 37.6 Å². The quantitative estimate of drug-likeness (QED) is 0.598. The SMILES string of the molecule is Cc1cc(S(=O)(=O)NC(=O)Nc2nc3c(C)cccc3s2)sc1CCO. The van der Waals surface area contributed by atoms with Crippen molar-refractivity contribution >= 4 is 54.1 Å². The monoisotopic (exact) mass is 411 g/mol. The number of para-hydroxylation sites is 1. The Hall–Kier alpha value is -2.01. The molecule has 2 amide bonds. The average molecular weight is 412 g/mol. The number of rotatable bonds is 5. The molecule has 2 aromatic heterocycles. The summed E-state index contributed by atoms with van der Waals surface area (Å²) in [5.74, 6) is 0. The Morgan fingerprint density at radius 3 is 2.69 bits per heavy atom. The summed E-state index contributed by atoms with van der Waals surface area (Å²) in [5.41, 5.74) is 2.52. The van der Waals surface area contributed by atoms with Crippen LogP contribution in [-0.2, 0) is 16.4 Å². The van der Waals surface area contributed by atoms with Crippen LogP contribution in [0.5, 0.6) is 0 Å². The van der Waals surface area contributed by atoms with Gasteiger partial charge in [-0.25, -0.2) is 22.9 Å². The third kappa shape index (κ3) is 3.88. The highest BCUT2D eigenvalue weighted by atomic mass is 32.2.